The smallest absolute Gasteiger partial charge is 0.274 e. The zero-order valence-corrected chi connectivity index (χ0v) is 16.3. The third kappa shape index (κ3) is 4.17. The average Bonchev–Trinajstić information content (AvgIpc) is 3.30. The third-order valence-corrected chi connectivity index (χ3v) is 5.65. The Kier molecular flexibility index (Phi) is 6.17. The molecule has 1 aromatic heterocycles. The average molecular weight is 393 g/mol. The van der Waals surface area contributed by atoms with Gasteiger partial charge in [-0.05, 0) is 56.5 Å². The van der Waals surface area contributed by atoms with Gasteiger partial charge in [0.2, 0.25) is 0 Å². The molecule has 1 amide bonds. The molecule has 4 rings (SSSR count). The molecule has 0 aliphatic carbocycles. The first-order chi connectivity index (χ1) is 12.6. The molecule has 3 atom stereocenters. The van der Waals surface area contributed by atoms with E-state index in [0.29, 0.717) is 18.3 Å². The second-order valence-electron chi connectivity index (χ2n) is 7.47. The van der Waals surface area contributed by atoms with Crippen molar-refractivity contribution >= 4 is 18.3 Å². The van der Waals surface area contributed by atoms with Crippen LogP contribution in [0.5, 0.6) is 0 Å². The Bertz CT molecular complexity index is 773. The van der Waals surface area contributed by atoms with E-state index in [1.165, 1.54) is 12.1 Å². The van der Waals surface area contributed by atoms with E-state index in [-0.39, 0.29) is 36.1 Å². The Hall–Kier alpha value is -1.92. The van der Waals surface area contributed by atoms with Crippen LogP contribution in [0.25, 0.3) is 0 Å². The summed E-state index contributed by atoms with van der Waals surface area (Å²) in [7, 11) is 0. The Labute approximate surface area is 165 Å². The van der Waals surface area contributed by atoms with E-state index >= 15 is 0 Å². The molecule has 1 aromatic carbocycles. The van der Waals surface area contributed by atoms with Crippen LogP contribution >= 0.6 is 12.4 Å². The van der Waals surface area contributed by atoms with Crippen molar-refractivity contribution in [1.29, 1.82) is 0 Å². The fraction of sp³-hybridized carbons (Fsp3) is 0.500. The van der Waals surface area contributed by atoms with Gasteiger partial charge in [-0.1, -0.05) is 12.1 Å². The van der Waals surface area contributed by atoms with Crippen LogP contribution in [-0.2, 0) is 0 Å². The molecule has 2 aliphatic heterocycles. The standard InChI is InChI=1S/C20H25FN4O.ClH/c1-14-11-16(15-4-6-17(21)7-5-15)13-24(14)20(26)19-8-10-25(23-19)18-3-2-9-22-12-18;/h4-8,10,14,16,18,22H,2-3,9,11-13H2,1H3;1H. The van der Waals surface area contributed by atoms with Crippen LogP contribution in [0.2, 0.25) is 0 Å². The van der Waals surface area contributed by atoms with Crippen LogP contribution in [0, 0.1) is 5.82 Å². The van der Waals surface area contributed by atoms with Crippen molar-refractivity contribution in [3.05, 3.63) is 53.6 Å². The van der Waals surface area contributed by atoms with Crippen LogP contribution in [0.3, 0.4) is 0 Å². The Morgan fingerprint density at radius 1 is 1.26 bits per heavy atom. The lowest BCUT2D eigenvalue weighted by molar-refractivity contribution is 0.0738. The lowest BCUT2D eigenvalue weighted by Crippen LogP contribution is -2.35. The number of halogens is 2. The summed E-state index contributed by atoms with van der Waals surface area (Å²) in [6.07, 6.45) is 5.04. The summed E-state index contributed by atoms with van der Waals surface area (Å²) in [5.74, 6) is 0.0132. The van der Waals surface area contributed by atoms with E-state index in [4.69, 9.17) is 0 Å². The van der Waals surface area contributed by atoms with Gasteiger partial charge in [0.15, 0.2) is 0 Å². The molecule has 3 unspecified atom stereocenters. The number of piperidine rings is 1. The molecule has 7 heteroatoms. The lowest BCUT2D eigenvalue weighted by atomic mass is 9.97. The maximum atomic E-state index is 13.2. The third-order valence-electron chi connectivity index (χ3n) is 5.65. The Morgan fingerprint density at radius 2 is 2.04 bits per heavy atom. The van der Waals surface area contributed by atoms with Crippen molar-refractivity contribution in [2.24, 2.45) is 0 Å². The molecule has 2 saturated heterocycles. The van der Waals surface area contributed by atoms with Gasteiger partial charge in [0.25, 0.3) is 5.91 Å². The summed E-state index contributed by atoms with van der Waals surface area (Å²) in [5.41, 5.74) is 1.61. The van der Waals surface area contributed by atoms with E-state index in [2.05, 4.69) is 17.3 Å². The van der Waals surface area contributed by atoms with Crippen LogP contribution in [0.4, 0.5) is 4.39 Å². The van der Waals surface area contributed by atoms with Gasteiger partial charge in [-0.15, -0.1) is 12.4 Å². The van der Waals surface area contributed by atoms with Crippen molar-refractivity contribution < 1.29 is 9.18 Å². The van der Waals surface area contributed by atoms with E-state index in [1.54, 1.807) is 0 Å². The highest BCUT2D eigenvalue weighted by Gasteiger charge is 2.34. The number of carbonyl (C=O) groups excluding carboxylic acids is 1. The predicted octanol–water partition coefficient (Wildman–Crippen LogP) is 3.39. The number of hydrogen-bond acceptors (Lipinski definition) is 3. The fourth-order valence-corrected chi connectivity index (χ4v) is 4.15. The summed E-state index contributed by atoms with van der Waals surface area (Å²) in [5, 5.41) is 7.94. The highest BCUT2D eigenvalue weighted by molar-refractivity contribution is 5.92. The van der Waals surface area contributed by atoms with Gasteiger partial charge in [-0.2, -0.15) is 5.10 Å². The van der Waals surface area contributed by atoms with Gasteiger partial charge in [-0.3, -0.25) is 9.48 Å². The number of likely N-dealkylation sites (tertiary alicyclic amines) is 1. The molecule has 27 heavy (non-hydrogen) atoms. The quantitative estimate of drug-likeness (QED) is 0.871. The maximum Gasteiger partial charge on any atom is 0.274 e. The summed E-state index contributed by atoms with van der Waals surface area (Å²) < 4.78 is 15.1. The first-order valence-electron chi connectivity index (χ1n) is 9.44. The minimum Gasteiger partial charge on any atom is -0.334 e. The molecule has 2 aromatic rings. The summed E-state index contributed by atoms with van der Waals surface area (Å²) in [6.45, 7) is 4.69. The SMILES string of the molecule is CC1CC(c2ccc(F)cc2)CN1C(=O)c1ccn(C2CCCNC2)n1.Cl. The van der Waals surface area contributed by atoms with Crippen molar-refractivity contribution in [2.75, 3.05) is 19.6 Å². The number of aromatic nitrogens is 2. The minimum atomic E-state index is -0.226. The topological polar surface area (TPSA) is 50.2 Å². The molecule has 0 radical (unpaired) electrons. The predicted molar refractivity (Wildman–Crippen MR) is 105 cm³/mol. The zero-order chi connectivity index (χ0) is 18.1. The number of carbonyl (C=O) groups is 1. The van der Waals surface area contributed by atoms with Gasteiger partial charge < -0.3 is 10.2 Å². The molecule has 1 N–H and O–H groups in total. The molecule has 5 nitrogen and oxygen atoms in total. The lowest BCUT2D eigenvalue weighted by Gasteiger charge is -2.23. The van der Waals surface area contributed by atoms with Crippen molar-refractivity contribution in [2.45, 2.75) is 44.2 Å². The second-order valence-corrected chi connectivity index (χ2v) is 7.47. The normalized spacial score (nSPS) is 25.3. The number of amides is 1. The van der Waals surface area contributed by atoms with Gasteiger partial charge >= 0.3 is 0 Å². The van der Waals surface area contributed by atoms with E-state index in [0.717, 1.165) is 37.9 Å². The molecule has 2 aliphatic rings. The summed E-state index contributed by atoms with van der Waals surface area (Å²) in [6, 6.07) is 8.94. The zero-order valence-electron chi connectivity index (χ0n) is 15.5. The van der Waals surface area contributed by atoms with Crippen LogP contribution in [0.1, 0.15) is 54.2 Å². The first-order valence-corrected chi connectivity index (χ1v) is 9.44. The minimum absolute atomic E-state index is 0. The number of rotatable bonds is 3. The highest BCUT2D eigenvalue weighted by atomic mass is 35.5. The van der Waals surface area contributed by atoms with Gasteiger partial charge in [-0.25, -0.2) is 4.39 Å². The molecular weight excluding hydrogens is 367 g/mol. The maximum absolute atomic E-state index is 13.2. The van der Waals surface area contributed by atoms with Crippen molar-refractivity contribution in [3.63, 3.8) is 0 Å². The largest absolute Gasteiger partial charge is 0.334 e. The second kappa shape index (κ2) is 8.40. The molecular formula is C20H26ClFN4O. The van der Waals surface area contributed by atoms with Crippen LogP contribution in [0.15, 0.2) is 36.5 Å². The highest BCUT2D eigenvalue weighted by Crippen LogP contribution is 2.32. The number of benzene rings is 1. The Balaban J connectivity index is 0.00000210. The van der Waals surface area contributed by atoms with E-state index < -0.39 is 0 Å². The van der Waals surface area contributed by atoms with Gasteiger partial charge in [0.1, 0.15) is 11.5 Å². The Morgan fingerprint density at radius 3 is 2.74 bits per heavy atom. The fourth-order valence-electron chi connectivity index (χ4n) is 4.15. The van der Waals surface area contributed by atoms with E-state index in [1.807, 2.05) is 34.0 Å². The molecule has 0 spiro atoms. The molecule has 0 saturated carbocycles. The summed E-state index contributed by atoms with van der Waals surface area (Å²) in [4.78, 5) is 14.9. The van der Waals surface area contributed by atoms with Gasteiger partial charge in [0, 0.05) is 31.2 Å². The van der Waals surface area contributed by atoms with Crippen molar-refractivity contribution in [3.8, 4) is 0 Å². The number of hydrogen-bond donors (Lipinski definition) is 1. The molecule has 2 fully saturated rings. The molecule has 0 bridgehead atoms. The number of nitrogens with one attached hydrogen (secondary N) is 1. The van der Waals surface area contributed by atoms with Crippen LogP contribution in [-0.4, -0.2) is 46.3 Å². The van der Waals surface area contributed by atoms with Crippen molar-refractivity contribution in [1.82, 2.24) is 20.0 Å². The monoisotopic (exact) mass is 392 g/mol. The first kappa shape index (κ1) is 19.8. The molecule has 146 valence electrons. The van der Waals surface area contributed by atoms with E-state index in [9.17, 15) is 9.18 Å². The summed E-state index contributed by atoms with van der Waals surface area (Å²) >= 11 is 0. The molecule has 3 heterocycles. The van der Waals surface area contributed by atoms with Gasteiger partial charge in [0.05, 0.1) is 6.04 Å². The number of nitrogens with zero attached hydrogens (tertiary/aromatic N) is 3. The van der Waals surface area contributed by atoms with Crippen LogP contribution < -0.4 is 5.32 Å².